The van der Waals surface area contributed by atoms with E-state index in [1.807, 2.05) is 62.4 Å². The van der Waals surface area contributed by atoms with Crippen molar-refractivity contribution in [3.8, 4) is 11.1 Å². The highest BCUT2D eigenvalue weighted by Crippen LogP contribution is 2.31. The van der Waals surface area contributed by atoms with Gasteiger partial charge in [-0.2, -0.15) is 0 Å². The van der Waals surface area contributed by atoms with Gasteiger partial charge in [0.15, 0.2) is 0 Å². The van der Waals surface area contributed by atoms with Crippen molar-refractivity contribution in [3.05, 3.63) is 93.5 Å². The van der Waals surface area contributed by atoms with E-state index >= 15 is 0 Å². The fourth-order valence-corrected chi connectivity index (χ4v) is 5.33. The number of nitrogens with zero attached hydrogens (tertiary/aromatic N) is 2. The van der Waals surface area contributed by atoms with Crippen LogP contribution in [0.5, 0.6) is 0 Å². The number of rotatable bonds is 5. The molecule has 6 nitrogen and oxygen atoms in total. The van der Waals surface area contributed by atoms with E-state index < -0.39 is 12.1 Å². The molecule has 200 valence electrons. The number of aliphatic hydroxyl groups excluding tert-OH is 1. The van der Waals surface area contributed by atoms with Gasteiger partial charge in [-0.15, -0.1) is 0 Å². The number of carbonyl (C=O) groups is 2. The van der Waals surface area contributed by atoms with Crippen molar-refractivity contribution in [1.82, 2.24) is 9.80 Å². The number of ether oxygens (including phenoxy) is 1. The molecule has 1 N–H and O–H groups in total. The van der Waals surface area contributed by atoms with E-state index in [1.54, 1.807) is 35.0 Å². The topological polar surface area (TPSA) is 70.1 Å². The van der Waals surface area contributed by atoms with Gasteiger partial charge in [0.05, 0.1) is 25.4 Å². The average Bonchev–Trinajstić information content (AvgIpc) is 2.93. The summed E-state index contributed by atoms with van der Waals surface area (Å²) in [6, 6.07) is 19.8. The Bertz CT molecular complexity index is 1290. The summed E-state index contributed by atoms with van der Waals surface area (Å²) < 4.78 is 6.48. The van der Waals surface area contributed by atoms with Gasteiger partial charge in [-0.3, -0.25) is 9.59 Å². The van der Waals surface area contributed by atoms with Gasteiger partial charge >= 0.3 is 0 Å². The first kappa shape index (κ1) is 28.1. The van der Waals surface area contributed by atoms with E-state index in [4.69, 9.17) is 27.9 Å². The quantitative estimate of drug-likeness (QED) is 0.433. The van der Waals surface area contributed by atoms with E-state index in [9.17, 15) is 14.7 Å². The molecule has 8 heteroatoms. The summed E-state index contributed by atoms with van der Waals surface area (Å²) in [6.45, 7) is 4.61. The lowest BCUT2D eigenvalue weighted by atomic mass is 9.94. The second-order valence-corrected chi connectivity index (χ2v) is 10.7. The van der Waals surface area contributed by atoms with Crippen molar-refractivity contribution in [2.24, 2.45) is 5.92 Å². The molecule has 0 fully saturated rings. The first-order chi connectivity index (χ1) is 18.2. The third kappa shape index (κ3) is 6.21. The Kier molecular flexibility index (Phi) is 9.11. The van der Waals surface area contributed by atoms with Crippen LogP contribution < -0.4 is 0 Å². The Morgan fingerprint density at radius 2 is 1.66 bits per heavy atom. The Morgan fingerprint density at radius 3 is 2.32 bits per heavy atom. The van der Waals surface area contributed by atoms with Crippen molar-refractivity contribution < 1.29 is 19.4 Å². The molecule has 38 heavy (non-hydrogen) atoms. The Morgan fingerprint density at radius 1 is 1.05 bits per heavy atom. The molecule has 0 bridgehead atoms. The van der Waals surface area contributed by atoms with Crippen LogP contribution in [0, 0.1) is 5.92 Å². The minimum atomic E-state index is -0.400. The van der Waals surface area contributed by atoms with E-state index in [2.05, 4.69) is 0 Å². The van der Waals surface area contributed by atoms with Crippen LogP contribution in [0.1, 0.15) is 40.1 Å². The maximum absolute atomic E-state index is 13.9. The number of halogens is 2. The smallest absolute Gasteiger partial charge is 0.254 e. The number of benzene rings is 3. The monoisotopic (exact) mass is 554 g/mol. The lowest BCUT2D eigenvalue weighted by molar-refractivity contribution is -0.0209. The van der Waals surface area contributed by atoms with Crippen LogP contribution >= 0.6 is 23.2 Å². The maximum Gasteiger partial charge on any atom is 0.254 e. The molecule has 1 aliphatic rings. The van der Waals surface area contributed by atoms with Gasteiger partial charge in [-0.1, -0.05) is 72.6 Å². The van der Waals surface area contributed by atoms with Crippen molar-refractivity contribution in [2.75, 3.05) is 26.7 Å². The third-order valence-electron chi connectivity index (χ3n) is 7.00. The zero-order valence-corrected chi connectivity index (χ0v) is 23.2. The first-order valence-corrected chi connectivity index (χ1v) is 13.4. The number of hydrogen-bond acceptors (Lipinski definition) is 4. The number of fused-ring (bicyclic) bond motifs is 3. The summed E-state index contributed by atoms with van der Waals surface area (Å²) >= 11 is 12.2. The Hall–Kier alpha value is -2.90. The minimum Gasteiger partial charge on any atom is -0.394 e. The predicted octanol–water partition coefficient (Wildman–Crippen LogP) is 5.79. The molecule has 3 aromatic rings. The third-order valence-corrected chi connectivity index (χ3v) is 7.44. The van der Waals surface area contributed by atoms with E-state index in [0.29, 0.717) is 34.3 Å². The molecule has 3 aromatic carbocycles. The number of aliphatic hydroxyl groups is 1. The first-order valence-electron chi connectivity index (χ1n) is 12.6. The van der Waals surface area contributed by atoms with Crippen LogP contribution in [0.3, 0.4) is 0 Å². The molecular formula is C30H32Cl2N2O4. The van der Waals surface area contributed by atoms with E-state index in [-0.39, 0.29) is 30.9 Å². The molecule has 0 radical (unpaired) electrons. The number of carbonyl (C=O) groups excluding carboxylic acids is 2. The lowest BCUT2D eigenvalue weighted by Gasteiger charge is -2.35. The highest BCUT2D eigenvalue weighted by atomic mass is 35.5. The molecule has 1 heterocycles. The molecule has 0 aromatic heterocycles. The SMILES string of the molecule is C[C@H](CO)N1C[C@H](C)[C@H](CN(C)C(=O)c2cc(Cl)cc(Cl)c2)OCc2ccccc2-c2ccccc2C1=O. The number of amides is 2. The Balaban J connectivity index is 1.70. The summed E-state index contributed by atoms with van der Waals surface area (Å²) in [7, 11) is 1.71. The molecule has 4 rings (SSSR count). The molecule has 1 aliphatic heterocycles. The predicted molar refractivity (Wildman–Crippen MR) is 151 cm³/mol. The summed E-state index contributed by atoms with van der Waals surface area (Å²) in [5.41, 5.74) is 3.66. The molecular weight excluding hydrogens is 523 g/mol. The average molecular weight is 556 g/mol. The van der Waals surface area contributed by atoms with Crippen LogP contribution in [0.15, 0.2) is 66.7 Å². The van der Waals surface area contributed by atoms with Gasteiger partial charge in [-0.25, -0.2) is 0 Å². The van der Waals surface area contributed by atoms with Crippen LogP contribution in [0.2, 0.25) is 10.0 Å². The molecule has 0 unspecified atom stereocenters. The molecule has 0 saturated carbocycles. The standard InChI is InChI=1S/C30H32Cl2N2O4/c1-19-15-34(20(2)17-35)30(37)27-11-7-6-10-26(27)25-9-5-4-8-21(25)18-38-28(19)16-33(3)29(36)22-12-23(31)14-24(32)13-22/h4-14,19-20,28,35H,15-18H2,1-3H3/t19-,20+,28-/m0/s1. The molecule has 0 saturated heterocycles. The van der Waals surface area contributed by atoms with Gasteiger partial charge < -0.3 is 19.6 Å². The highest BCUT2D eigenvalue weighted by molar-refractivity contribution is 6.35. The summed E-state index contributed by atoms with van der Waals surface area (Å²) in [4.78, 5) is 30.4. The molecule has 0 aliphatic carbocycles. The fraction of sp³-hybridized carbons (Fsp3) is 0.333. The normalized spacial score (nSPS) is 18.7. The minimum absolute atomic E-state index is 0.149. The fourth-order valence-electron chi connectivity index (χ4n) is 4.80. The van der Waals surface area contributed by atoms with E-state index in [0.717, 1.165) is 16.7 Å². The van der Waals surface area contributed by atoms with Gasteiger partial charge in [0, 0.05) is 47.2 Å². The second-order valence-electron chi connectivity index (χ2n) is 9.86. The van der Waals surface area contributed by atoms with E-state index in [1.165, 1.54) is 0 Å². The summed E-state index contributed by atoms with van der Waals surface area (Å²) in [5, 5.41) is 10.8. The van der Waals surface area contributed by atoms with Crippen molar-refractivity contribution in [1.29, 1.82) is 0 Å². The number of likely N-dealkylation sites (N-methyl/N-ethyl adjacent to an activating group) is 1. The molecule has 2 amide bonds. The van der Waals surface area contributed by atoms with Crippen molar-refractivity contribution in [3.63, 3.8) is 0 Å². The zero-order chi connectivity index (χ0) is 27.4. The summed E-state index contributed by atoms with van der Waals surface area (Å²) in [6.07, 6.45) is -0.394. The highest BCUT2D eigenvalue weighted by Gasteiger charge is 2.31. The van der Waals surface area contributed by atoms with Gasteiger partial charge in [0.25, 0.3) is 11.8 Å². The molecule has 0 spiro atoms. The lowest BCUT2D eigenvalue weighted by Crippen LogP contribution is -2.47. The van der Waals surface area contributed by atoms with Crippen molar-refractivity contribution >= 4 is 35.0 Å². The summed E-state index contributed by atoms with van der Waals surface area (Å²) in [5.74, 6) is -0.532. The second kappa shape index (κ2) is 12.3. The Labute approximate surface area is 233 Å². The van der Waals surface area contributed by atoms with Gasteiger partial charge in [0.2, 0.25) is 0 Å². The van der Waals surface area contributed by atoms with Crippen molar-refractivity contribution in [2.45, 2.75) is 32.6 Å². The largest absolute Gasteiger partial charge is 0.394 e. The molecule has 3 atom stereocenters. The zero-order valence-electron chi connectivity index (χ0n) is 21.7. The van der Waals surface area contributed by atoms with Crippen LogP contribution in [-0.4, -0.2) is 65.6 Å². The van der Waals surface area contributed by atoms with Crippen LogP contribution in [-0.2, 0) is 11.3 Å². The van der Waals surface area contributed by atoms with Crippen LogP contribution in [0.4, 0.5) is 0 Å². The maximum atomic E-state index is 13.9. The van der Waals surface area contributed by atoms with Gasteiger partial charge in [-0.05, 0) is 47.9 Å². The number of hydrogen-bond donors (Lipinski definition) is 1. The van der Waals surface area contributed by atoms with Gasteiger partial charge in [0.1, 0.15) is 0 Å². The van der Waals surface area contributed by atoms with Crippen LogP contribution in [0.25, 0.3) is 11.1 Å².